The van der Waals surface area contributed by atoms with Gasteiger partial charge in [-0.05, 0) is 77.0 Å². The Kier molecular flexibility index (Phi) is 38.5. The topological polar surface area (TPSA) is 52.6 Å². The third-order valence-electron chi connectivity index (χ3n) is 9.39. The Morgan fingerprint density at radius 3 is 1.17 bits per heavy atom. The van der Waals surface area contributed by atoms with E-state index < -0.39 is 0 Å². The third-order valence-corrected chi connectivity index (χ3v) is 9.39. The molecule has 1 atom stereocenters. The highest BCUT2D eigenvalue weighted by Crippen LogP contribution is 2.15. The van der Waals surface area contributed by atoms with Gasteiger partial charge in [0.1, 0.15) is 12.7 Å². The van der Waals surface area contributed by atoms with Crippen LogP contribution in [-0.2, 0) is 19.1 Å². The van der Waals surface area contributed by atoms with Crippen LogP contribution in [0.4, 0.5) is 0 Å². The Balaban J connectivity index is 3.92. The minimum Gasteiger partial charge on any atom is -0.462 e. The molecule has 0 radical (unpaired) electrons. The first-order valence-corrected chi connectivity index (χ1v) is 21.3. The van der Waals surface area contributed by atoms with Crippen molar-refractivity contribution in [3.63, 3.8) is 0 Å². The van der Waals surface area contributed by atoms with Crippen molar-refractivity contribution in [2.24, 2.45) is 0 Å². The number of ether oxygens (including phenoxy) is 2. The van der Waals surface area contributed by atoms with Crippen LogP contribution in [-0.4, -0.2) is 24.6 Å². The molecule has 0 bridgehead atoms. The monoisotopic (exact) mass is 675 g/mol. The van der Waals surface area contributed by atoms with E-state index in [1.165, 1.54) is 154 Å². The predicted molar refractivity (Wildman–Crippen MR) is 209 cm³/mol. The van der Waals surface area contributed by atoms with Gasteiger partial charge in [0, 0.05) is 12.8 Å². The molecule has 1 unspecified atom stereocenters. The van der Waals surface area contributed by atoms with Crippen LogP contribution in [0.3, 0.4) is 0 Å². The van der Waals surface area contributed by atoms with E-state index >= 15 is 0 Å². The summed E-state index contributed by atoms with van der Waals surface area (Å²) in [6.07, 6.45) is 47.7. The van der Waals surface area contributed by atoms with Gasteiger partial charge in [0.2, 0.25) is 0 Å². The molecule has 0 aliphatic rings. The Hall–Kier alpha value is -1.58. The van der Waals surface area contributed by atoms with Crippen LogP contribution in [0.25, 0.3) is 0 Å². The molecule has 0 aromatic heterocycles. The molecule has 282 valence electrons. The minimum atomic E-state index is -0.310. The van der Waals surface area contributed by atoms with Gasteiger partial charge in [0.25, 0.3) is 0 Å². The highest BCUT2D eigenvalue weighted by atomic mass is 16.6. The molecule has 0 saturated carbocycles. The van der Waals surface area contributed by atoms with Gasteiger partial charge < -0.3 is 9.47 Å². The second-order valence-corrected chi connectivity index (χ2v) is 14.3. The molecule has 48 heavy (non-hydrogen) atoms. The first kappa shape index (κ1) is 46.4. The van der Waals surface area contributed by atoms with Crippen molar-refractivity contribution in [1.82, 2.24) is 0 Å². The van der Waals surface area contributed by atoms with Crippen molar-refractivity contribution in [3.05, 3.63) is 24.3 Å². The lowest BCUT2D eigenvalue weighted by molar-refractivity contribution is -0.159. The van der Waals surface area contributed by atoms with Gasteiger partial charge in [-0.3, -0.25) is 9.59 Å². The summed E-state index contributed by atoms with van der Waals surface area (Å²) < 4.78 is 11.4. The van der Waals surface area contributed by atoms with Gasteiger partial charge in [0.05, 0.1) is 0 Å². The summed E-state index contributed by atoms with van der Waals surface area (Å²) in [6, 6.07) is 0. The lowest BCUT2D eigenvalue weighted by Crippen LogP contribution is -2.25. The maximum Gasteiger partial charge on any atom is 0.306 e. The zero-order valence-electron chi connectivity index (χ0n) is 32.6. The highest BCUT2D eigenvalue weighted by molar-refractivity contribution is 5.70. The van der Waals surface area contributed by atoms with Crippen molar-refractivity contribution in [2.45, 2.75) is 239 Å². The summed E-state index contributed by atoms with van der Waals surface area (Å²) in [6.45, 7) is 6.94. The van der Waals surface area contributed by atoms with Crippen molar-refractivity contribution in [1.29, 1.82) is 0 Å². The van der Waals surface area contributed by atoms with Gasteiger partial charge in [-0.25, -0.2) is 0 Å². The van der Waals surface area contributed by atoms with Gasteiger partial charge in [-0.15, -0.1) is 0 Å². The van der Waals surface area contributed by atoms with Crippen LogP contribution in [0, 0.1) is 0 Å². The fourth-order valence-corrected chi connectivity index (χ4v) is 6.16. The summed E-state index contributed by atoms with van der Waals surface area (Å²) in [5.41, 5.74) is 0. The largest absolute Gasteiger partial charge is 0.462 e. The van der Waals surface area contributed by atoms with E-state index in [9.17, 15) is 9.59 Å². The van der Waals surface area contributed by atoms with E-state index in [1.54, 1.807) is 0 Å². The van der Waals surface area contributed by atoms with Gasteiger partial charge in [0.15, 0.2) is 0 Å². The second kappa shape index (κ2) is 39.9. The maximum atomic E-state index is 12.6. The Morgan fingerprint density at radius 1 is 0.417 bits per heavy atom. The zero-order valence-corrected chi connectivity index (χ0v) is 32.6. The Morgan fingerprint density at radius 2 is 0.750 bits per heavy atom. The smallest absolute Gasteiger partial charge is 0.306 e. The molecule has 0 rings (SSSR count). The fraction of sp³-hybridized carbons (Fsp3) is 0.864. The standard InChI is InChI=1S/C44H82O4/c1-4-7-10-13-15-17-19-21-23-25-27-29-31-33-36-39-43(45)47-41-42(38-35-12-9-6-3)48-44(46)40-37-34-32-30-28-26-24-22-20-18-16-14-11-8-5-2/h21-24,42H,4-20,25-41H2,1-3H3/b23-21+,24-22+. The normalized spacial score (nSPS) is 12.3. The first-order chi connectivity index (χ1) is 23.6. The average Bonchev–Trinajstić information content (AvgIpc) is 3.08. The van der Waals surface area contributed by atoms with E-state index in [4.69, 9.17) is 9.47 Å². The zero-order chi connectivity index (χ0) is 35.0. The number of carbonyl (C=O) groups is 2. The van der Waals surface area contributed by atoms with E-state index in [-0.39, 0.29) is 24.6 Å². The molecule has 0 spiro atoms. The molecule has 4 nitrogen and oxygen atoms in total. The third kappa shape index (κ3) is 37.2. The molecule has 0 heterocycles. The van der Waals surface area contributed by atoms with Crippen molar-refractivity contribution >= 4 is 11.9 Å². The summed E-state index contributed by atoms with van der Waals surface area (Å²) in [4.78, 5) is 25.0. The van der Waals surface area contributed by atoms with Crippen LogP contribution in [0.15, 0.2) is 24.3 Å². The van der Waals surface area contributed by atoms with E-state index in [0.29, 0.717) is 12.8 Å². The summed E-state index contributed by atoms with van der Waals surface area (Å²) in [7, 11) is 0. The first-order valence-electron chi connectivity index (χ1n) is 21.3. The number of rotatable bonds is 38. The molecule has 0 aliphatic carbocycles. The highest BCUT2D eigenvalue weighted by Gasteiger charge is 2.17. The van der Waals surface area contributed by atoms with Crippen molar-refractivity contribution < 1.29 is 19.1 Å². The van der Waals surface area contributed by atoms with Gasteiger partial charge in [-0.1, -0.05) is 167 Å². The number of carbonyl (C=O) groups excluding carboxylic acids is 2. The molecule has 0 fully saturated rings. The van der Waals surface area contributed by atoms with Crippen LogP contribution >= 0.6 is 0 Å². The fourth-order valence-electron chi connectivity index (χ4n) is 6.16. The summed E-state index contributed by atoms with van der Waals surface area (Å²) in [5.74, 6) is -0.291. The molecule has 0 aromatic rings. The number of hydrogen-bond donors (Lipinski definition) is 0. The SMILES string of the molecule is CCCCCCCC/C=C/CCCCCCCC(=O)OCC(CCCCCC)OC(=O)CCCCCCC/C=C/CCCCCCCC. The summed E-state index contributed by atoms with van der Waals surface area (Å²) >= 11 is 0. The molecule has 0 amide bonds. The Bertz CT molecular complexity index is 727. The molecule has 0 aromatic carbocycles. The molecule has 0 N–H and O–H groups in total. The predicted octanol–water partition coefficient (Wildman–Crippen LogP) is 14.5. The molecule has 0 saturated heterocycles. The van der Waals surface area contributed by atoms with Crippen LogP contribution in [0.1, 0.15) is 233 Å². The second-order valence-electron chi connectivity index (χ2n) is 14.3. The van der Waals surface area contributed by atoms with Crippen LogP contribution in [0.5, 0.6) is 0 Å². The number of esters is 2. The lowest BCUT2D eigenvalue weighted by Gasteiger charge is -2.18. The Labute approximate surface area is 300 Å². The van der Waals surface area contributed by atoms with Crippen LogP contribution in [0.2, 0.25) is 0 Å². The molecule has 4 heteroatoms. The average molecular weight is 675 g/mol. The van der Waals surface area contributed by atoms with E-state index in [2.05, 4.69) is 45.1 Å². The van der Waals surface area contributed by atoms with E-state index in [1.807, 2.05) is 0 Å². The van der Waals surface area contributed by atoms with Crippen molar-refractivity contribution in [2.75, 3.05) is 6.61 Å². The molecular formula is C44H82O4. The molecular weight excluding hydrogens is 592 g/mol. The van der Waals surface area contributed by atoms with E-state index in [0.717, 1.165) is 44.9 Å². The number of unbranched alkanes of at least 4 members (excludes halogenated alkanes) is 25. The summed E-state index contributed by atoms with van der Waals surface area (Å²) in [5, 5.41) is 0. The maximum absolute atomic E-state index is 12.6. The van der Waals surface area contributed by atoms with Crippen molar-refractivity contribution in [3.8, 4) is 0 Å². The van der Waals surface area contributed by atoms with Gasteiger partial charge >= 0.3 is 11.9 Å². The number of allylic oxidation sites excluding steroid dienone is 4. The van der Waals surface area contributed by atoms with Crippen LogP contribution < -0.4 is 0 Å². The lowest BCUT2D eigenvalue weighted by atomic mass is 10.1. The van der Waals surface area contributed by atoms with Gasteiger partial charge in [-0.2, -0.15) is 0 Å². The number of hydrogen-bond acceptors (Lipinski definition) is 4. The quantitative estimate of drug-likeness (QED) is 0.0371. The molecule has 0 aliphatic heterocycles. The minimum absolute atomic E-state index is 0.138.